The van der Waals surface area contributed by atoms with Crippen LogP contribution in [0, 0.1) is 0 Å². The number of rotatable bonds is 21. The smallest absolute Gasteiger partial charge is 0.00187 e. The molecule has 0 heterocycles. The Bertz CT molecular complexity index is 194. The third-order valence-corrected chi connectivity index (χ3v) is 5.48. The maximum Gasteiger partial charge on any atom is -0.00187 e. The van der Waals surface area contributed by atoms with Crippen LogP contribution in [0.4, 0.5) is 4.70 Å². The molecule has 0 aliphatic rings. The lowest BCUT2D eigenvalue weighted by Crippen LogP contribution is -2.27. The molecule has 0 saturated heterocycles. The molecule has 26 heavy (non-hydrogen) atoms. The normalized spacial score (nSPS) is 11.1. The number of hydrogen-bond donors (Lipinski definition) is 0. The molecular weight excluding hydrogens is 321 g/mol. The summed E-state index contributed by atoms with van der Waals surface area (Å²) in [5.74, 6) is 0. The Balaban J connectivity index is 0. The van der Waals surface area contributed by atoms with Gasteiger partial charge in [-0.15, -0.1) is 0 Å². The van der Waals surface area contributed by atoms with Crippen molar-refractivity contribution in [2.24, 2.45) is 0 Å². The molecule has 0 spiro atoms. The first-order valence-electron chi connectivity index (χ1n) is 12.1. The van der Waals surface area contributed by atoms with Gasteiger partial charge in [0.05, 0.1) is 0 Å². The average Bonchev–Trinajstić information content (AvgIpc) is 2.63. The molecule has 0 amide bonds. The molecule has 0 fully saturated rings. The summed E-state index contributed by atoms with van der Waals surface area (Å²) in [7, 11) is 0. The van der Waals surface area contributed by atoms with E-state index in [1.165, 1.54) is 135 Å². The van der Waals surface area contributed by atoms with Crippen LogP contribution in [0.15, 0.2) is 0 Å². The van der Waals surface area contributed by atoms with Crippen LogP contribution < -0.4 is 0 Å². The van der Waals surface area contributed by atoms with Crippen molar-refractivity contribution < 1.29 is 4.70 Å². The molecule has 0 unspecified atom stereocenters. The van der Waals surface area contributed by atoms with Gasteiger partial charge in [-0.25, -0.2) is 0 Å². The lowest BCUT2D eigenvalue weighted by Gasteiger charge is -2.22. The maximum atomic E-state index is 2.79. The molecule has 0 aliphatic carbocycles. The highest BCUT2D eigenvalue weighted by atomic mass is 19.0. The minimum absolute atomic E-state index is 0. The molecule has 2 heteroatoms. The lowest BCUT2D eigenvalue weighted by atomic mass is 10.1. The Kier molecular flexibility index (Phi) is 26.9. The monoisotopic (exact) mass is 373 g/mol. The van der Waals surface area contributed by atoms with E-state index in [0.29, 0.717) is 0 Å². The molecule has 0 aliphatic heterocycles. The zero-order valence-electron chi connectivity index (χ0n) is 18.7. The van der Waals surface area contributed by atoms with Crippen molar-refractivity contribution in [1.82, 2.24) is 4.90 Å². The quantitative estimate of drug-likeness (QED) is 0.182. The van der Waals surface area contributed by atoms with Gasteiger partial charge in [-0.1, -0.05) is 117 Å². The molecule has 0 saturated carbocycles. The van der Waals surface area contributed by atoms with Crippen LogP contribution in [0.3, 0.4) is 0 Å². The summed E-state index contributed by atoms with van der Waals surface area (Å²) in [6, 6.07) is 0. The maximum absolute atomic E-state index is 2.79. The van der Waals surface area contributed by atoms with Crippen molar-refractivity contribution in [2.75, 3.05) is 19.6 Å². The molecular formula is C24H52FN. The first-order valence-corrected chi connectivity index (χ1v) is 12.1. The van der Waals surface area contributed by atoms with Gasteiger partial charge >= 0.3 is 0 Å². The highest BCUT2D eigenvalue weighted by Gasteiger charge is 2.05. The lowest BCUT2D eigenvalue weighted by molar-refractivity contribution is 0.254. The minimum Gasteiger partial charge on any atom is -0.303 e. The van der Waals surface area contributed by atoms with Gasteiger partial charge in [0, 0.05) is 0 Å². The van der Waals surface area contributed by atoms with E-state index >= 15 is 0 Å². The average molecular weight is 374 g/mol. The zero-order valence-corrected chi connectivity index (χ0v) is 18.7. The fraction of sp³-hybridized carbons (Fsp3) is 1.00. The van der Waals surface area contributed by atoms with Crippen LogP contribution in [-0.4, -0.2) is 24.5 Å². The van der Waals surface area contributed by atoms with E-state index < -0.39 is 0 Å². The second-order valence-electron chi connectivity index (χ2n) is 8.14. The second-order valence-corrected chi connectivity index (χ2v) is 8.14. The van der Waals surface area contributed by atoms with Crippen molar-refractivity contribution in [3.63, 3.8) is 0 Å². The summed E-state index contributed by atoms with van der Waals surface area (Å²) in [4.78, 5) is 2.79. The fourth-order valence-corrected chi connectivity index (χ4v) is 3.68. The Morgan fingerprint density at radius 3 is 0.846 bits per heavy atom. The van der Waals surface area contributed by atoms with Crippen LogP contribution >= 0.6 is 0 Å². The highest BCUT2D eigenvalue weighted by Crippen LogP contribution is 2.11. The van der Waals surface area contributed by atoms with Crippen LogP contribution in [0.2, 0.25) is 0 Å². The Labute approximate surface area is 166 Å². The van der Waals surface area contributed by atoms with Gasteiger partial charge in [-0.2, -0.15) is 0 Å². The van der Waals surface area contributed by atoms with Crippen LogP contribution in [0.1, 0.15) is 136 Å². The SMILES string of the molecule is CCCCCCCCN(CCCCCCCC)CCCCCCCC.F. The van der Waals surface area contributed by atoms with Crippen molar-refractivity contribution in [2.45, 2.75) is 136 Å². The van der Waals surface area contributed by atoms with Gasteiger partial charge in [0.25, 0.3) is 0 Å². The largest absolute Gasteiger partial charge is 0.303 e. The van der Waals surface area contributed by atoms with Gasteiger partial charge in [0.1, 0.15) is 0 Å². The van der Waals surface area contributed by atoms with Gasteiger partial charge in [0.2, 0.25) is 0 Å². The predicted octanol–water partition coefficient (Wildman–Crippen LogP) is 8.52. The van der Waals surface area contributed by atoms with E-state index in [9.17, 15) is 0 Å². The number of unbranched alkanes of at least 4 members (excludes halogenated alkanes) is 15. The van der Waals surface area contributed by atoms with Crippen LogP contribution in [-0.2, 0) is 0 Å². The van der Waals surface area contributed by atoms with Crippen molar-refractivity contribution in [3.05, 3.63) is 0 Å². The molecule has 0 N–H and O–H groups in total. The van der Waals surface area contributed by atoms with Crippen molar-refractivity contribution in [1.29, 1.82) is 0 Å². The van der Waals surface area contributed by atoms with Crippen LogP contribution in [0.25, 0.3) is 0 Å². The summed E-state index contributed by atoms with van der Waals surface area (Å²) in [6.45, 7) is 11.0. The van der Waals surface area contributed by atoms with E-state index in [-0.39, 0.29) is 4.70 Å². The molecule has 0 rings (SSSR count). The first kappa shape index (κ1) is 28.1. The summed E-state index contributed by atoms with van der Waals surface area (Å²) in [5.41, 5.74) is 0. The molecule has 0 atom stereocenters. The van der Waals surface area contributed by atoms with E-state index in [0.717, 1.165) is 0 Å². The number of hydrogen-bond acceptors (Lipinski definition) is 1. The second kappa shape index (κ2) is 24.9. The third kappa shape index (κ3) is 21.9. The fourth-order valence-electron chi connectivity index (χ4n) is 3.68. The summed E-state index contributed by atoms with van der Waals surface area (Å²) >= 11 is 0. The van der Waals surface area contributed by atoms with E-state index in [1.54, 1.807) is 0 Å². The summed E-state index contributed by atoms with van der Waals surface area (Å²) < 4.78 is 0. The van der Waals surface area contributed by atoms with Gasteiger partial charge < -0.3 is 4.90 Å². The topological polar surface area (TPSA) is 3.24 Å². The molecule has 0 radical (unpaired) electrons. The Morgan fingerprint density at radius 1 is 0.346 bits per heavy atom. The predicted molar refractivity (Wildman–Crippen MR) is 119 cm³/mol. The van der Waals surface area contributed by atoms with E-state index in [4.69, 9.17) is 0 Å². The molecule has 1 nitrogen and oxygen atoms in total. The van der Waals surface area contributed by atoms with E-state index in [2.05, 4.69) is 25.7 Å². The van der Waals surface area contributed by atoms with Gasteiger partial charge in [0.15, 0.2) is 0 Å². The molecule has 0 aromatic heterocycles. The summed E-state index contributed by atoms with van der Waals surface area (Å²) in [6.07, 6.45) is 25.7. The van der Waals surface area contributed by atoms with Crippen molar-refractivity contribution >= 4 is 0 Å². The number of nitrogens with zero attached hydrogens (tertiary/aromatic N) is 1. The van der Waals surface area contributed by atoms with Gasteiger partial charge in [-0.3, -0.25) is 4.70 Å². The minimum atomic E-state index is 0. The number of halogens is 1. The zero-order chi connectivity index (χ0) is 18.4. The summed E-state index contributed by atoms with van der Waals surface area (Å²) in [5, 5.41) is 0. The van der Waals surface area contributed by atoms with Crippen molar-refractivity contribution in [3.8, 4) is 0 Å². The first-order chi connectivity index (χ1) is 12.3. The highest BCUT2D eigenvalue weighted by molar-refractivity contribution is 4.60. The molecule has 0 aromatic carbocycles. The van der Waals surface area contributed by atoms with Crippen LogP contribution in [0.5, 0.6) is 0 Å². The van der Waals surface area contributed by atoms with E-state index in [1.807, 2.05) is 0 Å². The molecule has 0 bridgehead atoms. The molecule has 160 valence electrons. The Morgan fingerprint density at radius 2 is 0.577 bits per heavy atom. The van der Waals surface area contributed by atoms with Gasteiger partial charge in [-0.05, 0) is 38.9 Å². The molecule has 0 aromatic rings. The standard InChI is InChI=1S/C24H51N.FH/c1-4-7-10-13-16-19-22-25(23-20-17-14-11-8-5-2)24-21-18-15-12-9-6-3;/h4-24H2,1-3H3;1H. The Hall–Kier alpha value is -0.110. The third-order valence-electron chi connectivity index (χ3n) is 5.48.